The van der Waals surface area contributed by atoms with E-state index in [9.17, 15) is 0 Å². The van der Waals surface area contributed by atoms with Crippen molar-refractivity contribution in [1.82, 2.24) is 19.4 Å². The van der Waals surface area contributed by atoms with Crippen molar-refractivity contribution in [3.8, 4) is 0 Å². The van der Waals surface area contributed by atoms with Crippen LogP contribution >= 0.6 is 0 Å². The van der Waals surface area contributed by atoms with E-state index < -0.39 is 0 Å². The first kappa shape index (κ1) is 14.9. The van der Waals surface area contributed by atoms with E-state index in [1.165, 1.54) is 5.52 Å². The number of imidazole rings is 1. The first-order valence-corrected chi connectivity index (χ1v) is 8.61. The summed E-state index contributed by atoms with van der Waals surface area (Å²) in [5.41, 5.74) is 2.35. The second-order valence-electron chi connectivity index (χ2n) is 6.45. The van der Waals surface area contributed by atoms with Gasteiger partial charge >= 0.3 is 0 Å². The number of hydrogen-bond donors (Lipinski definition) is 1. The van der Waals surface area contributed by atoms with Gasteiger partial charge in [-0.1, -0.05) is 12.1 Å². The monoisotopic (exact) mass is 315 g/mol. The summed E-state index contributed by atoms with van der Waals surface area (Å²) < 4.78 is 2.34. The zero-order chi connectivity index (χ0) is 15.6. The number of fused-ring (bicyclic) bond motifs is 3. The molecule has 6 nitrogen and oxygen atoms in total. The third kappa shape index (κ3) is 2.94. The highest BCUT2D eigenvalue weighted by molar-refractivity contribution is 5.79. The molecule has 1 saturated heterocycles. The van der Waals surface area contributed by atoms with Crippen LogP contribution in [0.2, 0.25) is 0 Å². The van der Waals surface area contributed by atoms with Crippen molar-refractivity contribution in [3.63, 3.8) is 0 Å². The highest BCUT2D eigenvalue weighted by Gasteiger charge is 2.24. The van der Waals surface area contributed by atoms with Crippen LogP contribution in [0.3, 0.4) is 0 Å². The van der Waals surface area contributed by atoms with Crippen LogP contribution < -0.4 is 4.90 Å². The zero-order valence-corrected chi connectivity index (χ0v) is 13.6. The molecule has 2 aromatic rings. The van der Waals surface area contributed by atoms with Gasteiger partial charge in [0.25, 0.3) is 0 Å². The van der Waals surface area contributed by atoms with Gasteiger partial charge in [0.2, 0.25) is 5.95 Å². The predicted octanol–water partition coefficient (Wildman–Crippen LogP) is 0.466. The lowest BCUT2D eigenvalue weighted by Gasteiger charge is -2.35. The highest BCUT2D eigenvalue weighted by Crippen LogP contribution is 2.26. The molecule has 1 aromatic carbocycles. The van der Waals surface area contributed by atoms with Crippen LogP contribution in [-0.4, -0.2) is 83.4 Å². The molecule has 0 saturated carbocycles. The number of aliphatic hydroxyl groups excluding tert-OH is 1. The van der Waals surface area contributed by atoms with E-state index in [1.807, 2.05) is 0 Å². The fourth-order valence-corrected chi connectivity index (χ4v) is 3.70. The van der Waals surface area contributed by atoms with E-state index in [0.717, 1.165) is 70.4 Å². The van der Waals surface area contributed by atoms with Crippen molar-refractivity contribution in [2.75, 3.05) is 63.9 Å². The number of piperazine rings is 1. The van der Waals surface area contributed by atoms with Crippen LogP contribution in [0.4, 0.5) is 5.95 Å². The fraction of sp³-hybridized carbons (Fsp3) is 0.588. The van der Waals surface area contributed by atoms with Crippen molar-refractivity contribution >= 4 is 17.0 Å². The molecule has 0 unspecified atom stereocenters. The summed E-state index contributed by atoms with van der Waals surface area (Å²) in [7, 11) is 0. The van der Waals surface area contributed by atoms with Gasteiger partial charge in [-0.25, -0.2) is 4.98 Å². The molecule has 4 rings (SSSR count). The highest BCUT2D eigenvalue weighted by atomic mass is 16.3. The Balaban J connectivity index is 1.35. The lowest BCUT2D eigenvalue weighted by atomic mass is 10.3. The number of benzene rings is 1. The van der Waals surface area contributed by atoms with Crippen LogP contribution in [0.1, 0.15) is 0 Å². The van der Waals surface area contributed by atoms with E-state index in [-0.39, 0.29) is 6.61 Å². The summed E-state index contributed by atoms with van der Waals surface area (Å²) >= 11 is 0. The second-order valence-corrected chi connectivity index (χ2v) is 6.45. The Hall–Kier alpha value is -1.63. The molecular formula is C17H25N5O. The number of hydrogen-bond acceptors (Lipinski definition) is 5. The Labute approximate surface area is 136 Å². The normalized spacial score (nSPS) is 19.6. The fourth-order valence-electron chi connectivity index (χ4n) is 3.70. The van der Waals surface area contributed by atoms with E-state index in [2.05, 4.69) is 43.5 Å². The molecule has 3 heterocycles. The van der Waals surface area contributed by atoms with Crippen molar-refractivity contribution in [2.45, 2.75) is 6.54 Å². The Morgan fingerprint density at radius 2 is 1.61 bits per heavy atom. The van der Waals surface area contributed by atoms with Gasteiger partial charge in [0.05, 0.1) is 17.6 Å². The molecular weight excluding hydrogens is 290 g/mol. The third-order valence-corrected chi connectivity index (χ3v) is 5.08. The van der Waals surface area contributed by atoms with E-state index >= 15 is 0 Å². The molecule has 1 aromatic heterocycles. The number of aromatic nitrogens is 2. The second kappa shape index (κ2) is 6.47. The Morgan fingerprint density at radius 3 is 2.39 bits per heavy atom. The maximum atomic E-state index is 9.01. The van der Waals surface area contributed by atoms with Crippen LogP contribution in [0.15, 0.2) is 24.3 Å². The minimum Gasteiger partial charge on any atom is -0.395 e. The first-order valence-electron chi connectivity index (χ1n) is 8.61. The minimum absolute atomic E-state index is 0.268. The average Bonchev–Trinajstić information content (AvgIpc) is 3.14. The largest absolute Gasteiger partial charge is 0.395 e. The van der Waals surface area contributed by atoms with Crippen molar-refractivity contribution in [1.29, 1.82) is 0 Å². The van der Waals surface area contributed by atoms with E-state index in [0.29, 0.717) is 0 Å². The van der Waals surface area contributed by atoms with Crippen LogP contribution in [-0.2, 0) is 6.54 Å². The molecule has 6 heteroatoms. The van der Waals surface area contributed by atoms with Gasteiger partial charge in [-0.15, -0.1) is 0 Å². The standard InChI is InChI=1S/C17H25N5O/c23-14-13-20-7-5-19(6-8-20)9-10-21-11-12-22-16-4-2-1-3-15(16)18-17(21)22/h1-4,23H,5-14H2. The van der Waals surface area contributed by atoms with Gasteiger partial charge in [-0.2, -0.15) is 0 Å². The molecule has 2 aliphatic heterocycles. The van der Waals surface area contributed by atoms with Gasteiger partial charge in [0, 0.05) is 58.9 Å². The van der Waals surface area contributed by atoms with Crippen molar-refractivity contribution < 1.29 is 5.11 Å². The summed E-state index contributed by atoms with van der Waals surface area (Å²) in [6.45, 7) is 9.66. The van der Waals surface area contributed by atoms with Gasteiger partial charge < -0.3 is 14.6 Å². The van der Waals surface area contributed by atoms with Crippen molar-refractivity contribution in [2.24, 2.45) is 0 Å². The molecule has 2 aliphatic rings. The summed E-state index contributed by atoms with van der Waals surface area (Å²) in [6, 6.07) is 8.40. The molecule has 0 radical (unpaired) electrons. The molecule has 0 aliphatic carbocycles. The third-order valence-electron chi connectivity index (χ3n) is 5.08. The predicted molar refractivity (Wildman–Crippen MR) is 91.9 cm³/mol. The van der Waals surface area contributed by atoms with Crippen molar-refractivity contribution in [3.05, 3.63) is 24.3 Å². The van der Waals surface area contributed by atoms with Gasteiger partial charge in [0.15, 0.2) is 0 Å². The molecule has 0 atom stereocenters. The number of β-amino-alcohol motifs (C(OH)–C–C–N with tert-alkyl or cyclic N) is 1. The maximum Gasteiger partial charge on any atom is 0.206 e. The summed E-state index contributed by atoms with van der Waals surface area (Å²) in [5.74, 6) is 1.13. The Bertz CT molecular complexity index is 662. The zero-order valence-electron chi connectivity index (χ0n) is 13.6. The number of nitrogens with zero attached hydrogens (tertiary/aromatic N) is 5. The molecule has 0 bridgehead atoms. The number of rotatable bonds is 5. The molecule has 1 fully saturated rings. The molecule has 23 heavy (non-hydrogen) atoms. The molecule has 1 N–H and O–H groups in total. The summed E-state index contributed by atoms with van der Waals surface area (Å²) in [4.78, 5) is 12.1. The lowest BCUT2D eigenvalue weighted by Crippen LogP contribution is -2.49. The smallest absolute Gasteiger partial charge is 0.206 e. The van der Waals surface area contributed by atoms with Crippen LogP contribution in [0, 0.1) is 0 Å². The lowest BCUT2D eigenvalue weighted by molar-refractivity contribution is 0.114. The maximum absolute atomic E-state index is 9.01. The number of aliphatic hydroxyl groups is 1. The van der Waals surface area contributed by atoms with Crippen LogP contribution in [0.5, 0.6) is 0 Å². The first-order chi connectivity index (χ1) is 11.3. The Kier molecular flexibility index (Phi) is 4.20. The average molecular weight is 315 g/mol. The molecule has 0 amide bonds. The van der Waals surface area contributed by atoms with E-state index in [4.69, 9.17) is 10.1 Å². The van der Waals surface area contributed by atoms with Gasteiger partial charge in [0.1, 0.15) is 0 Å². The Morgan fingerprint density at radius 1 is 0.870 bits per heavy atom. The number of para-hydroxylation sites is 2. The molecule has 124 valence electrons. The SMILES string of the molecule is OCCN1CCN(CCN2CCn3c2nc2ccccc23)CC1. The van der Waals surface area contributed by atoms with Crippen LogP contribution in [0.25, 0.3) is 11.0 Å². The number of anilines is 1. The quantitative estimate of drug-likeness (QED) is 0.869. The summed E-state index contributed by atoms with van der Waals surface area (Å²) in [5, 5.41) is 9.01. The van der Waals surface area contributed by atoms with Gasteiger partial charge in [-0.05, 0) is 12.1 Å². The molecule has 0 spiro atoms. The van der Waals surface area contributed by atoms with Gasteiger partial charge in [-0.3, -0.25) is 9.80 Å². The minimum atomic E-state index is 0.268. The summed E-state index contributed by atoms with van der Waals surface area (Å²) in [6.07, 6.45) is 0. The van der Waals surface area contributed by atoms with E-state index in [1.54, 1.807) is 0 Å². The topological polar surface area (TPSA) is 47.8 Å².